The number of nitrogens with zero attached hydrogens (tertiary/aromatic N) is 2. The third kappa shape index (κ3) is 4.01. The molecule has 1 unspecified atom stereocenters. The van der Waals surface area contributed by atoms with Crippen molar-refractivity contribution >= 4 is 23.3 Å². The number of hydrogen-bond donors (Lipinski definition) is 3. The zero-order valence-electron chi connectivity index (χ0n) is 13.4. The first-order valence-electron chi connectivity index (χ1n) is 7.82. The van der Waals surface area contributed by atoms with E-state index in [1.807, 2.05) is 0 Å². The standard InChI is InChI=1S/C15H15ClF3N5O2/c16-11-3-1-9(7-10(11)15(17,18)19)21-13(25)20-8-2-4-12-22-23-14(26)24(12)6-5-8/h1,3,7-8H,2,4-6H2,(H,23,26)(H2,20,21,25). The number of rotatable bonds is 2. The zero-order chi connectivity index (χ0) is 18.9. The lowest BCUT2D eigenvalue weighted by Crippen LogP contribution is -2.38. The Kier molecular flexibility index (Phi) is 4.94. The summed E-state index contributed by atoms with van der Waals surface area (Å²) in [4.78, 5) is 23.7. The minimum absolute atomic E-state index is 0.0165. The molecule has 11 heteroatoms. The average Bonchev–Trinajstić information content (AvgIpc) is 2.78. The van der Waals surface area contributed by atoms with Crippen LogP contribution in [0.4, 0.5) is 23.7 Å². The lowest BCUT2D eigenvalue weighted by atomic mass is 10.1. The molecule has 3 rings (SSSR count). The van der Waals surface area contributed by atoms with Gasteiger partial charge in [-0.3, -0.25) is 4.57 Å². The number of nitrogens with one attached hydrogen (secondary N) is 3. The molecule has 0 saturated heterocycles. The van der Waals surface area contributed by atoms with E-state index in [2.05, 4.69) is 20.8 Å². The van der Waals surface area contributed by atoms with Gasteiger partial charge in [-0.15, -0.1) is 0 Å². The van der Waals surface area contributed by atoms with Crippen LogP contribution in [0.5, 0.6) is 0 Å². The van der Waals surface area contributed by atoms with Crippen molar-refractivity contribution in [1.82, 2.24) is 20.1 Å². The van der Waals surface area contributed by atoms with Crippen LogP contribution in [0.3, 0.4) is 0 Å². The van der Waals surface area contributed by atoms with Crippen molar-refractivity contribution in [3.05, 3.63) is 45.1 Å². The van der Waals surface area contributed by atoms with Gasteiger partial charge in [-0.05, 0) is 31.0 Å². The quantitative estimate of drug-likeness (QED) is 0.737. The Morgan fingerprint density at radius 1 is 1.35 bits per heavy atom. The summed E-state index contributed by atoms with van der Waals surface area (Å²) < 4.78 is 40.1. The maximum Gasteiger partial charge on any atom is 0.417 e. The van der Waals surface area contributed by atoms with E-state index in [1.54, 1.807) is 0 Å². The molecule has 0 fully saturated rings. The Labute approximate surface area is 150 Å². The maximum absolute atomic E-state index is 12.9. The monoisotopic (exact) mass is 389 g/mol. The fourth-order valence-corrected chi connectivity index (χ4v) is 3.05. The Hall–Kier alpha value is -2.49. The van der Waals surface area contributed by atoms with E-state index in [-0.39, 0.29) is 17.4 Å². The number of hydrogen-bond acceptors (Lipinski definition) is 3. The van der Waals surface area contributed by atoms with Crippen LogP contribution in [0.2, 0.25) is 5.02 Å². The highest BCUT2D eigenvalue weighted by molar-refractivity contribution is 6.31. The number of benzene rings is 1. The molecule has 2 amide bonds. The number of carbonyl (C=O) groups is 1. The van der Waals surface area contributed by atoms with Crippen LogP contribution >= 0.6 is 11.6 Å². The molecule has 0 aliphatic carbocycles. The summed E-state index contributed by atoms with van der Waals surface area (Å²) in [5.41, 5.74) is -1.33. The summed E-state index contributed by atoms with van der Waals surface area (Å²) >= 11 is 5.55. The zero-order valence-corrected chi connectivity index (χ0v) is 14.1. The van der Waals surface area contributed by atoms with Crippen LogP contribution in [-0.4, -0.2) is 26.8 Å². The Balaban J connectivity index is 1.62. The molecule has 0 bridgehead atoms. The molecule has 0 spiro atoms. The smallest absolute Gasteiger partial charge is 0.335 e. The summed E-state index contributed by atoms with van der Waals surface area (Å²) in [5, 5.41) is 10.9. The lowest BCUT2D eigenvalue weighted by Gasteiger charge is -2.17. The predicted octanol–water partition coefficient (Wildman–Crippen LogP) is 2.77. The molecule has 1 aliphatic rings. The lowest BCUT2D eigenvalue weighted by molar-refractivity contribution is -0.137. The number of halogens is 4. The van der Waals surface area contributed by atoms with Gasteiger partial charge in [-0.25, -0.2) is 14.7 Å². The van der Waals surface area contributed by atoms with E-state index in [0.29, 0.717) is 31.6 Å². The van der Waals surface area contributed by atoms with E-state index >= 15 is 0 Å². The molecule has 3 N–H and O–H groups in total. The highest BCUT2D eigenvalue weighted by Gasteiger charge is 2.33. The molecule has 1 aromatic carbocycles. The SMILES string of the molecule is O=C(Nc1ccc(Cl)c(C(F)(F)F)c1)NC1CCc2n[nH]c(=O)n2CC1. The molecular formula is C15H15ClF3N5O2. The number of aromatic nitrogens is 3. The van der Waals surface area contributed by atoms with Gasteiger partial charge in [0.15, 0.2) is 0 Å². The first-order valence-corrected chi connectivity index (χ1v) is 8.20. The molecule has 0 saturated carbocycles. The number of H-pyrrole nitrogens is 1. The minimum atomic E-state index is -4.61. The van der Waals surface area contributed by atoms with Crippen LogP contribution in [0.25, 0.3) is 0 Å². The predicted molar refractivity (Wildman–Crippen MR) is 88.2 cm³/mol. The summed E-state index contributed by atoms with van der Waals surface area (Å²) in [6, 6.07) is 2.30. The second-order valence-electron chi connectivity index (χ2n) is 5.91. The molecule has 7 nitrogen and oxygen atoms in total. The fraction of sp³-hybridized carbons (Fsp3) is 0.400. The fourth-order valence-electron chi connectivity index (χ4n) is 2.82. The van der Waals surface area contributed by atoms with Crippen LogP contribution in [0.15, 0.2) is 23.0 Å². The molecule has 1 atom stereocenters. The first kappa shape index (κ1) is 18.3. The molecule has 0 radical (unpaired) electrons. The van der Waals surface area contributed by atoms with Gasteiger partial charge >= 0.3 is 17.9 Å². The molecule has 2 aromatic rings. The van der Waals surface area contributed by atoms with E-state index in [1.165, 1.54) is 10.6 Å². The third-order valence-corrected chi connectivity index (χ3v) is 4.45. The van der Waals surface area contributed by atoms with Crippen LogP contribution in [0, 0.1) is 0 Å². The number of alkyl halides is 3. The van der Waals surface area contributed by atoms with Gasteiger partial charge in [0.05, 0.1) is 10.6 Å². The van der Waals surface area contributed by atoms with E-state index < -0.39 is 22.8 Å². The first-order chi connectivity index (χ1) is 12.2. The second kappa shape index (κ2) is 7.02. The van der Waals surface area contributed by atoms with Crippen molar-refractivity contribution in [1.29, 1.82) is 0 Å². The Bertz CT molecular complexity index is 877. The van der Waals surface area contributed by atoms with Crippen molar-refractivity contribution in [2.45, 2.75) is 38.0 Å². The molecule has 1 aromatic heterocycles. The third-order valence-electron chi connectivity index (χ3n) is 4.12. The van der Waals surface area contributed by atoms with Gasteiger partial charge in [-0.2, -0.15) is 18.3 Å². The van der Waals surface area contributed by atoms with E-state index in [9.17, 15) is 22.8 Å². The number of urea groups is 1. The molecule has 1 aliphatic heterocycles. The van der Waals surface area contributed by atoms with Gasteiger partial charge < -0.3 is 10.6 Å². The number of amides is 2. The number of aryl methyl sites for hydroxylation is 1. The van der Waals surface area contributed by atoms with Crippen LogP contribution < -0.4 is 16.3 Å². The van der Waals surface area contributed by atoms with Crippen molar-refractivity contribution in [2.24, 2.45) is 0 Å². The highest BCUT2D eigenvalue weighted by atomic mass is 35.5. The Morgan fingerprint density at radius 3 is 2.85 bits per heavy atom. The van der Waals surface area contributed by atoms with Crippen molar-refractivity contribution in [3.8, 4) is 0 Å². The maximum atomic E-state index is 12.9. The second-order valence-corrected chi connectivity index (χ2v) is 6.32. The Morgan fingerprint density at radius 2 is 2.12 bits per heavy atom. The molecule has 2 heterocycles. The van der Waals surface area contributed by atoms with Gasteiger partial charge in [-0.1, -0.05) is 11.6 Å². The summed E-state index contributed by atoms with van der Waals surface area (Å²) in [7, 11) is 0. The molecule has 140 valence electrons. The molecular weight excluding hydrogens is 375 g/mol. The van der Waals surface area contributed by atoms with Crippen LogP contribution in [0.1, 0.15) is 24.2 Å². The molecule has 26 heavy (non-hydrogen) atoms. The largest absolute Gasteiger partial charge is 0.417 e. The van der Waals surface area contributed by atoms with Crippen molar-refractivity contribution in [3.63, 3.8) is 0 Å². The summed E-state index contributed by atoms with van der Waals surface area (Å²) in [6.07, 6.45) is -3.04. The summed E-state index contributed by atoms with van der Waals surface area (Å²) in [6.45, 7) is 0.398. The number of anilines is 1. The topological polar surface area (TPSA) is 91.8 Å². The average molecular weight is 390 g/mol. The van der Waals surface area contributed by atoms with Gasteiger partial charge in [0.1, 0.15) is 5.82 Å². The number of aromatic amines is 1. The van der Waals surface area contributed by atoms with E-state index in [0.717, 1.165) is 12.1 Å². The minimum Gasteiger partial charge on any atom is -0.335 e. The number of fused-ring (bicyclic) bond motifs is 1. The number of carbonyl (C=O) groups excluding carboxylic acids is 1. The van der Waals surface area contributed by atoms with Gasteiger partial charge in [0.25, 0.3) is 0 Å². The summed E-state index contributed by atoms with van der Waals surface area (Å²) in [5.74, 6) is 0.618. The van der Waals surface area contributed by atoms with Gasteiger partial charge in [0.2, 0.25) is 0 Å². The normalized spacial score (nSPS) is 17.3. The van der Waals surface area contributed by atoms with Gasteiger partial charge in [0, 0.05) is 24.7 Å². The van der Waals surface area contributed by atoms with Crippen molar-refractivity contribution in [2.75, 3.05) is 5.32 Å². The highest BCUT2D eigenvalue weighted by Crippen LogP contribution is 2.36. The van der Waals surface area contributed by atoms with Crippen molar-refractivity contribution < 1.29 is 18.0 Å². The van der Waals surface area contributed by atoms with Crippen LogP contribution in [-0.2, 0) is 19.1 Å². The van der Waals surface area contributed by atoms with E-state index in [4.69, 9.17) is 11.6 Å².